The van der Waals surface area contributed by atoms with Gasteiger partial charge >= 0.3 is 0 Å². The van der Waals surface area contributed by atoms with Crippen molar-refractivity contribution < 1.29 is 14.3 Å². The van der Waals surface area contributed by atoms with Crippen LogP contribution >= 0.6 is 11.6 Å². The number of hydrogen-bond donors (Lipinski definition) is 0. The summed E-state index contributed by atoms with van der Waals surface area (Å²) in [7, 11) is 0. The Balaban J connectivity index is 1.55. The van der Waals surface area contributed by atoms with Crippen LogP contribution in [0.25, 0.3) is 0 Å². The summed E-state index contributed by atoms with van der Waals surface area (Å²) in [5, 5.41) is 0.663. The summed E-state index contributed by atoms with van der Waals surface area (Å²) in [6, 6.07) is 13.1. The fourth-order valence-electron chi connectivity index (χ4n) is 2.56. The molecule has 5 nitrogen and oxygen atoms in total. The summed E-state index contributed by atoms with van der Waals surface area (Å²) < 4.78 is 10.8. The number of nitrogens with zero attached hydrogens (tertiary/aromatic N) is 2. The van der Waals surface area contributed by atoms with Crippen LogP contribution in [0.5, 0.6) is 5.75 Å². The van der Waals surface area contributed by atoms with Crippen LogP contribution in [0.4, 0.5) is 5.69 Å². The molecule has 6 heteroatoms. The number of aliphatic imine (C=N–C) groups is 1. The largest absolute Gasteiger partial charge is 0.484 e. The van der Waals surface area contributed by atoms with Crippen molar-refractivity contribution in [3.05, 3.63) is 58.6 Å². The summed E-state index contributed by atoms with van der Waals surface area (Å²) in [4.78, 5) is 18.3. The molecule has 0 saturated carbocycles. The minimum Gasteiger partial charge on any atom is -0.484 e. The molecule has 0 atom stereocenters. The molecule has 26 heavy (non-hydrogen) atoms. The Morgan fingerprint density at radius 3 is 2.69 bits per heavy atom. The van der Waals surface area contributed by atoms with Gasteiger partial charge in [0.05, 0.1) is 18.9 Å². The van der Waals surface area contributed by atoms with Crippen molar-refractivity contribution in [2.24, 2.45) is 4.99 Å². The fraction of sp³-hybridized carbons (Fsp3) is 0.300. The van der Waals surface area contributed by atoms with E-state index in [1.807, 2.05) is 49.4 Å². The molecule has 1 aliphatic rings. The third-order valence-corrected chi connectivity index (χ3v) is 4.37. The number of rotatable bonds is 5. The highest BCUT2D eigenvalue weighted by Gasteiger charge is 2.16. The van der Waals surface area contributed by atoms with E-state index in [1.165, 1.54) is 0 Å². The van der Waals surface area contributed by atoms with E-state index in [4.69, 9.17) is 21.1 Å². The van der Waals surface area contributed by atoms with Gasteiger partial charge in [-0.2, -0.15) is 0 Å². The number of amides is 1. The Morgan fingerprint density at radius 1 is 1.23 bits per heavy atom. The van der Waals surface area contributed by atoms with E-state index in [0.29, 0.717) is 37.1 Å². The van der Waals surface area contributed by atoms with Gasteiger partial charge in [0.15, 0.2) is 6.61 Å². The molecule has 1 saturated heterocycles. The van der Waals surface area contributed by atoms with Gasteiger partial charge < -0.3 is 14.4 Å². The van der Waals surface area contributed by atoms with Crippen LogP contribution in [0.2, 0.25) is 5.02 Å². The van der Waals surface area contributed by atoms with Crippen molar-refractivity contribution in [2.45, 2.75) is 6.92 Å². The van der Waals surface area contributed by atoms with E-state index in [1.54, 1.807) is 11.1 Å². The number of carbonyl (C=O) groups is 1. The molecule has 0 aliphatic carbocycles. The lowest BCUT2D eigenvalue weighted by molar-refractivity contribution is -0.137. The average Bonchev–Trinajstić information content (AvgIpc) is 2.68. The van der Waals surface area contributed by atoms with Crippen molar-refractivity contribution in [1.29, 1.82) is 0 Å². The topological polar surface area (TPSA) is 51.1 Å². The van der Waals surface area contributed by atoms with E-state index < -0.39 is 0 Å². The van der Waals surface area contributed by atoms with Crippen LogP contribution in [0.1, 0.15) is 11.1 Å². The zero-order chi connectivity index (χ0) is 18.4. The lowest BCUT2D eigenvalue weighted by Crippen LogP contribution is -2.42. The van der Waals surface area contributed by atoms with Gasteiger partial charge in [0.25, 0.3) is 5.91 Å². The van der Waals surface area contributed by atoms with Gasteiger partial charge in [-0.25, -0.2) is 0 Å². The lowest BCUT2D eigenvalue weighted by Gasteiger charge is -2.26. The minimum absolute atomic E-state index is 0.0182. The van der Waals surface area contributed by atoms with Gasteiger partial charge in [0.2, 0.25) is 0 Å². The third kappa shape index (κ3) is 5.07. The van der Waals surface area contributed by atoms with Crippen LogP contribution in [0.15, 0.2) is 47.5 Å². The highest BCUT2D eigenvalue weighted by Crippen LogP contribution is 2.23. The Bertz CT molecular complexity index is 784. The summed E-state index contributed by atoms with van der Waals surface area (Å²) in [5.41, 5.74) is 2.84. The van der Waals surface area contributed by atoms with Crippen molar-refractivity contribution >= 4 is 29.4 Å². The predicted molar refractivity (Wildman–Crippen MR) is 103 cm³/mol. The molecule has 0 bridgehead atoms. The molecular formula is C20H21ClN2O3. The zero-order valence-electron chi connectivity index (χ0n) is 14.7. The fourth-order valence-corrected chi connectivity index (χ4v) is 2.73. The summed E-state index contributed by atoms with van der Waals surface area (Å²) in [6.45, 7) is 4.46. The second-order valence-corrected chi connectivity index (χ2v) is 6.48. The molecule has 2 aromatic carbocycles. The Labute approximate surface area is 158 Å². The van der Waals surface area contributed by atoms with Crippen LogP contribution in [-0.2, 0) is 9.53 Å². The number of hydrogen-bond acceptors (Lipinski definition) is 4. The Hall–Kier alpha value is -2.37. The van der Waals surface area contributed by atoms with Gasteiger partial charge in [-0.1, -0.05) is 17.7 Å². The molecule has 0 radical (unpaired) electrons. The lowest BCUT2D eigenvalue weighted by atomic mass is 10.2. The van der Waals surface area contributed by atoms with Crippen LogP contribution in [-0.4, -0.2) is 49.9 Å². The number of carbonyl (C=O) groups excluding carboxylic acids is 1. The van der Waals surface area contributed by atoms with Crippen LogP contribution in [0.3, 0.4) is 0 Å². The molecule has 1 fully saturated rings. The SMILES string of the molecule is Cc1ccc(Cl)cc1N=Cc1ccc(OCC(=O)N2CCOCC2)cc1. The monoisotopic (exact) mass is 372 g/mol. The van der Waals surface area contributed by atoms with Gasteiger partial charge in [-0.3, -0.25) is 9.79 Å². The standard InChI is InChI=1S/C20H21ClN2O3/c1-15-2-5-17(21)12-19(15)22-13-16-3-6-18(7-4-16)26-14-20(24)23-8-10-25-11-9-23/h2-7,12-13H,8-11,14H2,1H3. The molecule has 136 valence electrons. The number of ether oxygens (including phenoxy) is 2. The number of morpholine rings is 1. The summed E-state index contributed by atoms with van der Waals surface area (Å²) in [6.07, 6.45) is 1.78. The second-order valence-electron chi connectivity index (χ2n) is 6.04. The highest BCUT2D eigenvalue weighted by atomic mass is 35.5. The smallest absolute Gasteiger partial charge is 0.260 e. The number of aryl methyl sites for hydroxylation is 1. The van der Waals surface area contributed by atoms with Crippen molar-refractivity contribution in [1.82, 2.24) is 4.90 Å². The molecule has 0 N–H and O–H groups in total. The van der Waals surface area contributed by atoms with E-state index in [0.717, 1.165) is 16.8 Å². The van der Waals surface area contributed by atoms with Gasteiger partial charge in [-0.15, -0.1) is 0 Å². The zero-order valence-corrected chi connectivity index (χ0v) is 15.4. The molecule has 0 unspecified atom stereocenters. The van der Waals surface area contributed by atoms with E-state index in [-0.39, 0.29) is 12.5 Å². The minimum atomic E-state index is -0.0182. The Morgan fingerprint density at radius 2 is 1.96 bits per heavy atom. The van der Waals surface area contributed by atoms with Crippen LogP contribution in [0, 0.1) is 6.92 Å². The second kappa shape index (κ2) is 8.83. The van der Waals surface area contributed by atoms with Crippen LogP contribution < -0.4 is 4.74 Å². The first-order valence-corrected chi connectivity index (χ1v) is 8.88. The quantitative estimate of drug-likeness (QED) is 0.753. The summed E-state index contributed by atoms with van der Waals surface area (Å²) >= 11 is 6.01. The number of halogens is 1. The molecular weight excluding hydrogens is 352 g/mol. The van der Waals surface area contributed by atoms with E-state index in [2.05, 4.69) is 4.99 Å². The number of benzene rings is 2. The van der Waals surface area contributed by atoms with Gasteiger partial charge in [0.1, 0.15) is 5.75 Å². The maximum Gasteiger partial charge on any atom is 0.260 e. The van der Waals surface area contributed by atoms with Crippen molar-refractivity contribution in [3.8, 4) is 5.75 Å². The van der Waals surface area contributed by atoms with E-state index >= 15 is 0 Å². The third-order valence-electron chi connectivity index (χ3n) is 4.13. The molecule has 3 rings (SSSR count). The van der Waals surface area contributed by atoms with Gasteiger partial charge in [-0.05, 0) is 54.4 Å². The molecule has 0 aromatic heterocycles. The van der Waals surface area contributed by atoms with Crippen molar-refractivity contribution in [2.75, 3.05) is 32.9 Å². The van der Waals surface area contributed by atoms with E-state index in [9.17, 15) is 4.79 Å². The first kappa shape index (κ1) is 18.4. The maximum absolute atomic E-state index is 12.1. The first-order valence-electron chi connectivity index (χ1n) is 8.50. The predicted octanol–water partition coefficient (Wildman–Crippen LogP) is 3.64. The van der Waals surface area contributed by atoms with Gasteiger partial charge in [0, 0.05) is 24.3 Å². The molecule has 0 spiro atoms. The Kier molecular flexibility index (Phi) is 6.26. The molecule has 1 aliphatic heterocycles. The normalized spacial score (nSPS) is 14.6. The summed E-state index contributed by atoms with van der Waals surface area (Å²) in [5.74, 6) is 0.637. The maximum atomic E-state index is 12.1. The average molecular weight is 373 g/mol. The molecule has 2 aromatic rings. The first-order chi connectivity index (χ1) is 12.6. The van der Waals surface area contributed by atoms with Crippen molar-refractivity contribution in [3.63, 3.8) is 0 Å². The highest BCUT2D eigenvalue weighted by molar-refractivity contribution is 6.30. The molecule has 1 amide bonds. The molecule has 1 heterocycles.